The molecule has 0 unspecified atom stereocenters. The minimum absolute atomic E-state index is 0.465. The number of fused-ring (bicyclic) bond motifs is 1. The first-order valence-corrected chi connectivity index (χ1v) is 7.80. The van der Waals surface area contributed by atoms with E-state index in [1.165, 1.54) is 11.1 Å². The number of nitrogens with zero attached hydrogens (tertiary/aromatic N) is 2. The molecule has 0 atom stereocenters. The Balaban J connectivity index is 1.74. The molecular formula is C19H22N2O. The van der Waals surface area contributed by atoms with Gasteiger partial charge in [-0.15, -0.1) is 0 Å². The van der Waals surface area contributed by atoms with Crippen LogP contribution in [-0.4, -0.2) is 16.2 Å². The van der Waals surface area contributed by atoms with Gasteiger partial charge in [-0.1, -0.05) is 44.2 Å². The lowest BCUT2D eigenvalue weighted by molar-refractivity contribution is 0.295. The van der Waals surface area contributed by atoms with Gasteiger partial charge in [0.25, 0.3) is 0 Å². The van der Waals surface area contributed by atoms with E-state index in [1.54, 1.807) is 0 Å². The van der Waals surface area contributed by atoms with Gasteiger partial charge in [0.1, 0.15) is 18.2 Å². The van der Waals surface area contributed by atoms with E-state index >= 15 is 0 Å². The molecule has 3 rings (SSSR count). The van der Waals surface area contributed by atoms with Crippen molar-refractivity contribution in [2.45, 2.75) is 33.2 Å². The van der Waals surface area contributed by atoms with Crippen LogP contribution in [0.2, 0.25) is 0 Å². The van der Waals surface area contributed by atoms with Crippen LogP contribution in [-0.2, 0) is 6.54 Å². The van der Waals surface area contributed by atoms with Crippen molar-refractivity contribution in [3.8, 4) is 5.75 Å². The molecule has 0 aliphatic rings. The number of ether oxygens (including phenoxy) is 1. The van der Waals surface area contributed by atoms with Gasteiger partial charge in [0.15, 0.2) is 0 Å². The Morgan fingerprint density at radius 3 is 2.59 bits per heavy atom. The Hall–Kier alpha value is -2.29. The van der Waals surface area contributed by atoms with Crippen molar-refractivity contribution >= 4 is 11.0 Å². The molecule has 3 heteroatoms. The summed E-state index contributed by atoms with van der Waals surface area (Å²) < 4.78 is 8.24. The lowest BCUT2D eigenvalue weighted by Crippen LogP contribution is -2.10. The highest BCUT2D eigenvalue weighted by Crippen LogP contribution is 2.26. The number of hydrogen-bond donors (Lipinski definition) is 0. The summed E-state index contributed by atoms with van der Waals surface area (Å²) in [6, 6.07) is 16.5. The first-order chi connectivity index (χ1) is 10.7. The van der Waals surface area contributed by atoms with E-state index in [9.17, 15) is 0 Å². The molecule has 0 spiro atoms. The lowest BCUT2D eigenvalue weighted by atomic mass is 10.0. The topological polar surface area (TPSA) is 27.1 Å². The molecule has 114 valence electrons. The quantitative estimate of drug-likeness (QED) is 0.690. The van der Waals surface area contributed by atoms with Crippen molar-refractivity contribution < 1.29 is 4.74 Å². The van der Waals surface area contributed by atoms with Gasteiger partial charge in [0, 0.05) is 0 Å². The summed E-state index contributed by atoms with van der Waals surface area (Å²) in [6.45, 7) is 7.87. The fraction of sp³-hybridized carbons (Fsp3) is 0.316. The van der Waals surface area contributed by atoms with Gasteiger partial charge in [-0.05, 0) is 36.6 Å². The van der Waals surface area contributed by atoms with Crippen LogP contribution in [0.1, 0.15) is 31.2 Å². The van der Waals surface area contributed by atoms with E-state index < -0.39 is 0 Å². The van der Waals surface area contributed by atoms with Crippen molar-refractivity contribution in [2.75, 3.05) is 6.61 Å². The molecule has 0 saturated heterocycles. The molecule has 3 nitrogen and oxygen atoms in total. The number of aromatic nitrogens is 2. The molecule has 0 aliphatic heterocycles. The molecule has 0 aliphatic carbocycles. The van der Waals surface area contributed by atoms with Crippen LogP contribution in [0.5, 0.6) is 5.75 Å². The molecule has 1 aromatic heterocycles. The van der Waals surface area contributed by atoms with Crippen molar-refractivity contribution in [3.63, 3.8) is 0 Å². The van der Waals surface area contributed by atoms with E-state index in [1.807, 2.05) is 31.2 Å². The summed E-state index contributed by atoms with van der Waals surface area (Å²) in [6.07, 6.45) is 0. The van der Waals surface area contributed by atoms with Crippen molar-refractivity contribution in [3.05, 3.63) is 59.9 Å². The Kier molecular flexibility index (Phi) is 4.14. The third kappa shape index (κ3) is 2.84. The summed E-state index contributed by atoms with van der Waals surface area (Å²) in [5.41, 5.74) is 3.47. The van der Waals surface area contributed by atoms with Gasteiger partial charge in [-0.25, -0.2) is 4.98 Å². The molecule has 1 heterocycles. The summed E-state index contributed by atoms with van der Waals surface area (Å²) in [5.74, 6) is 2.48. The van der Waals surface area contributed by atoms with Crippen molar-refractivity contribution in [1.82, 2.24) is 9.55 Å². The second-order valence-corrected chi connectivity index (χ2v) is 5.84. The minimum atomic E-state index is 0.465. The Labute approximate surface area is 131 Å². The fourth-order valence-corrected chi connectivity index (χ4v) is 2.81. The van der Waals surface area contributed by atoms with E-state index in [4.69, 9.17) is 4.74 Å². The third-order valence-electron chi connectivity index (χ3n) is 3.96. The molecule has 3 aromatic rings. The largest absolute Gasteiger partial charge is 0.491 e. The molecule has 0 saturated carbocycles. The number of benzene rings is 2. The normalized spacial score (nSPS) is 11.3. The zero-order chi connectivity index (χ0) is 15.5. The predicted octanol–water partition coefficient (Wildman–Crippen LogP) is 4.55. The van der Waals surface area contributed by atoms with Crippen molar-refractivity contribution in [1.29, 1.82) is 0 Å². The average Bonchev–Trinajstić information content (AvgIpc) is 2.83. The SMILES string of the molecule is Cc1nc2ccccc2n1CCOc1ccccc1C(C)C. The zero-order valence-electron chi connectivity index (χ0n) is 13.4. The number of para-hydroxylation sites is 3. The van der Waals surface area contributed by atoms with E-state index in [0.717, 1.165) is 23.6 Å². The second-order valence-electron chi connectivity index (χ2n) is 5.84. The maximum absolute atomic E-state index is 6.03. The summed E-state index contributed by atoms with van der Waals surface area (Å²) >= 11 is 0. The molecule has 0 radical (unpaired) electrons. The number of hydrogen-bond acceptors (Lipinski definition) is 2. The number of aryl methyl sites for hydroxylation is 1. The van der Waals surface area contributed by atoms with Crippen LogP contribution in [0.25, 0.3) is 11.0 Å². The maximum Gasteiger partial charge on any atom is 0.122 e. The van der Waals surface area contributed by atoms with Gasteiger partial charge in [-0.3, -0.25) is 0 Å². The second kappa shape index (κ2) is 6.22. The molecule has 0 N–H and O–H groups in total. The molecule has 0 amide bonds. The van der Waals surface area contributed by atoms with Gasteiger partial charge in [-0.2, -0.15) is 0 Å². The number of rotatable bonds is 5. The van der Waals surface area contributed by atoms with Gasteiger partial charge < -0.3 is 9.30 Å². The highest BCUT2D eigenvalue weighted by Gasteiger charge is 2.09. The van der Waals surface area contributed by atoms with Gasteiger partial charge in [0.05, 0.1) is 17.6 Å². The lowest BCUT2D eigenvalue weighted by Gasteiger charge is -2.14. The molecule has 0 fully saturated rings. The Morgan fingerprint density at radius 2 is 1.77 bits per heavy atom. The van der Waals surface area contributed by atoms with Crippen LogP contribution in [0.4, 0.5) is 0 Å². The van der Waals surface area contributed by atoms with Gasteiger partial charge >= 0.3 is 0 Å². The van der Waals surface area contributed by atoms with Crippen LogP contribution in [0.3, 0.4) is 0 Å². The fourth-order valence-electron chi connectivity index (χ4n) is 2.81. The third-order valence-corrected chi connectivity index (χ3v) is 3.96. The van der Waals surface area contributed by atoms with Crippen LogP contribution in [0, 0.1) is 6.92 Å². The monoisotopic (exact) mass is 294 g/mol. The van der Waals surface area contributed by atoms with Gasteiger partial charge in [0.2, 0.25) is 0 Å². The van der Waals surface area contributed by atoms with Crippen LogP contribution < -0.4 is 4.74 Å². The first-order valence-electron chi connectivity index (χ1n) is 7.80. The molecule has 22 heavy (non-hydrogen) atoms. The van der Waals surface area contributed by atoms with Crippen LogP contribution in [0.15, 0.2) is 48.5 Å². The zero-order valence-corrected chi connectivity index (χ0v) is 13.4. The standard InChI is InChI=1S/C19H22N2O/c1-14(2)16-8-4-7-11-19(16)22-13-12-21-15(3)20-17-9-5-6-10-18(17)21/h4-11,14H,12-13H2,1-3H3. The summed E-state index contributed by atoms with van der Waals surface area (Å²) in [7, 11) is 0. The van der Waals surface area contributed by atoms with E-state index in [0.29, 0.717) is 12.5 Å². The summed E-state index contributed by atoms with van der Waals surface area (Å²) in [4.78, 5) is 4.59. The Bertz CT molecular complexity index is 774. The van der Waals surface area contributed by atoms with Crippen molar-refractivity contribution in [2.24, 2.45) is 0 Å². The smallest absolute Gasteiger partial charge is 0.122 e. The van der Waals surface area contributed by atoms with E-state index in [-0.39, 0.29) is 0 Å². The van der Waals surface area contributed by atoms with Crippen LogP contribution >= 0.6 is 0 Å². The predicted molar refractivity (Wildman–Crippen MR) is 90.5 cm³/mol. The molecule has 2 aromatic carbocycles. The average molecular weight is 294 g/mol. The molecular weight excluding hydrogens is 272 g/mol. The summed E-state index contributed by atoms with van der Waals surface area (Å²) in [5, 5.41) is 0. The maximum atomic E-state index is 6.03. The molecule has 0 bridgehead atoms. The van der Waals surface area contributed by atoms with E-state index in [2.05, 4.69) is 47.7 Å². The Morgan fingerprint density at radius 1 is 1.05 bits per heavy atom. The highest BCUT2D eigenvalue weighted by atomic mass is 16.5. The first kappa shape index (κ1) is 14.6. The highest BCUT2D eigenvalue weighted by molar-refractivity contribution is 5.75. The minimum Gasteiger partial charge on any atom is -0.491 e. The number of imidazole rings is 1.